The van der Waals surface area contributed by atoms with Gasteiger partial charge in [-0.1, -0.05) is 53.6 Å². The molecule has 0 aliphatic heterocycles. The summed E-state index contributed by atoms with van der Waals surface area (Å²) in [5, 5.41) is 0.594. The Kier molecular flexibility index (Phi) is 6.40. The van der Waals surface area contributed by atoms with Crippen molar-refractivity contribution in [3.8, 4) is 0 Å². The van der Waals surface area contributed by atoms with Crippen LogP contribution in [0.2, 0.25) is 5.02 Å². The Hall–Kier alpha value is -1.40. The van der Waals surface area contributed by atoms with Crippen LogP contribution in [0.15, 0.2) is 48.5 Å². The molecule has 130 valence electrons. The van der Waals surface area contributed by atoms with E-state index in [0.29, 0.717) is 17.1 Å². The average Bonchev–Trinajstić information content (AvgIpc) is 2.51. The Morgan fingerprint density at radius 1 is 1.04 bits per heavy atom. The van der Waals surface area contributed by atoms with E-state index in [9.17, 15) is 8.42 Å². The van der Waals surface area contributed by atoms with E-state index in [2.05, 4.69) is 4.72 Å². The fourth-order valence-electron chi connectivity index (χ4n) is 2.44. The lowest BCUT2D eigenvalue weighted by molar-refractivity contribution is 0.299. The minimum Gasteiger partial charge on any atom is -0.301 e. The summed E-state index contributed by atoms with van der Waals surface area (Å²) in [5.74, 6) is -0.0573. The molecule has 24 heavy (non-hydrogen) atoms. The van der Waals surface area contributed by atoms with Gasteiger partial charge in [-0.05, 0) is 44.3 Å². The second-order valence-electron chi connectivity index (χ2n) is 6.12. The predicted octanol–water partition coefficient (Wildman–Crippen LogP) is 3.37. The summed E-state index contributed by atoms with van der Waals surface area (Å²) in [6, 6.07) is 15.0. The molecule has 0 radical (unpaired) electrons. The van der Waals surface area contributed by atoms with Crippen LogP contribution in [0.1, 0.15) is 22.7 Å². The molecule has 2 aromatic rings. The number of nitrogens with zero attached hydrogens (tertiary/aromatic N) is 1. The number of sulfonamides is 1. The normalized spacial score (nSPS) is 13.2. The summed E-state index contributed by atoms with van der Waals surface area (Å²) in [4.78, 5) is 2.01. The molecule has 0 aromatic heterocycles. The highest BCUT2D eigenvalue weighted by atomic mass is 35.5. The van der Waals surface area contributed by atoms with E-state index in [1.807, 2.05) is 50.2 Å². The summed E-state index contributed by atoms with van der Waals surface area (Å²) in [6.45, 7) is 2.36. The first-order valence-corrected chi connectivity index (χ1v) is 9.74. The largest absolute Gasteiger partial charge is 0.301 e. The lowest BCUT2D eigenvalue weighted by atomic mass is 10.0. The molecule has 0 amide bonds. The molecule has 1 atom stereocenters. The van der Waals surface area contributed by atoms with Gasteiger partial charge in [0, 0.05) is 17.6 Å². The molecule has 0 aliphatic carbocycles. The Balaban J connectivity index is 2.05. The third kappa shape index (κ3) is 5.60. The van der Waals surface area contributed by atoms with Gasteiger partial charge in [0.05, 0.1) is 5.75 Å². The van der Waals surface area contributed by atoms with Gasteiger partial charge in [0.25, 0.3) is 0 Å². The van der Waals surface area contributed by atoms with Gasteiger partial charge in [0.2, 0.25) is 10.0 Å². The van der Waals surface area contributed by atoms with E-state index < -0.39 is 10.0 Å². The fourth-order valence-corrected chi connectivity index (χ4v) is 3.72. The lowest BCUT2D eigenvalue weighted by Gasteiger charge is -2.25. The molecule has 0 bridgehead atoms. The number of hydrogen-bond donors (Lipinski definition) is 1. The van der Waals surface area contributed by atoms with Gasteiger partial charge in [0.1, 0.15) is 0 Å². The maximum atomic E-state index is 12.3. The standard InChI is InChI=1S/C18H23ClN2O2S/c1-14-4-8-16(9-5-14)18(21(2)3)12-20-24(22,23)13-15-6-10-17(19)11-7-15/h4-11,18,20H,12-13H2,1-3H3. The van der Waals surface area contributed by atoms with Crippen molar-refractivity contribution in [1.29, 1.82) is 0 Å². The molecule has 0 spiro atoms. The first-order chi connectivity index (χ1) is 11.3. The molecular weight excluding hydrogens is 344 g/mol. The van der Waals surface area contributed by atoms with Crippen LogP contribution in [-0.4, -0.2) is 34.0 Å². The third-order valence-electron chi connectivity index (χ3n) is 3.85. The molecule has 4 nitrogen and oxygen atoms in total. The van der Waals surface area contributed by atoms with Gasteiger partial charge < -0.3 is 4.90 Å². The van der Waals surface area contributed by atoms with Crippen LogP contribution < -0.4 is 4.72 Å². The maximum Gasteiger partial charge on any atom is 0.215 e. The Bertz CT molecular complexity index is 757. The molecule has 1 unspecified atom stereocenters. The molecule has 0 fully saturated rings. The SMILES string of the molecule is Cc1ccc(C(CNS(=O)(=O)Cc2ccc(Cl)cc2)N(C)C)cc1. The van der Waals surface area contributed by atoms with Crippen molar-refractivity contribution in [3.05, 3.63) is 70.2 Å². The summed E-state index contributed by atoms with van der Waals surface area (Å²) in [6.07, 6.45) is 0. The molecule has 6 heteroatoms. The van der Waals surface area contributed by atoms with Crippen molar-refractivity contribution in [2.75, 3.05) is 20.6 Å². The van der Waals surface area contributed by atoms with Crippen LogP contribution in [-0.2, 0) is 15.8 Å². The van der Waals surface area contributed by atoms with Gasteiger partial charge in [-0.2, -0.15) is 0 Å². The van der Waals surface area contributed by atoms with Crippen LogP contribution in [0.5, 0.6) is 0 Å². The third-order valence-corrected chi connectivity index (χ3v) is 5.42. The average molecular weight is 367 g/mol. The van der Waals surface area contributed by atoms with Crippen molar-refractivity contribution in [1.82, 2.24) is 9.62 Å². The number of hydrogen-bond acceptors (Lipinski definition) is 3. The number of nitrogens with one attached hydrogen (secondary N) is 1. The molecule has 2 aromatic carbocycles. The number of likely N-dealkylation sites (N-methyl/N-ethyl adjacent to an activating group) is 1. The van der Waals surface area contributed by atoms with Crippen molar-refractivity contribution in [2.24, 2.45) is 0 Å². The summed E-state index contributed by atoms with van der Waals surface area (Å²) in [7, 11) is 0.473. The van der Waals surface area contributed by atoms with Gasteiger partial charge in [-0.15, -0.1) is 0 Å². The monoisotopic (exact) mass is 366 g/mol. The van der Waals surface area contributed by atoms with Crippen LogP contribution >= 0.6 is 11.6 Å². The highest BCUT2D eigenvalue weighted by Gasteiger charge is 2.18. The Morgan fingerprint density at radius 3 is 2.17 bits per heavy atom. The predicted molar refractivity (Wildman–Crippen MR) is 99.7 cm³/mol. The molecule has 0 heterocycles. The highest BCUT2D eigenvalue weighted by Crippen LogP contribution is 2.19. The Morgan fingerprint density at radius 2 is 1.62 bits per heavy atom. The molecule has 1 N–H and O–H groups in total. The molecular formula is C18H23ClN2O2S. The minimum absolute atomic E-state index is 0.0226. The lowest BCUT2D eigenvalue weighted by Crippen LogP contribution is -2.35. The first kappa shape index (κ1) is 18.9. The van der Waals surface area contributed by atoms with E-state index in [0.717, 1.165) is 5.56 Å². The van der Waals surface area contributed by atoms with Gasteiger partial charge in [-0.25, -0.2) is 13.1 Å². The second-order valence-corrected chi connectivity index (χ2v) is 8.37. The van der Waals surface area contributed by atoms with Crippen LogP contribution in [0.25, 0.3) is 0 Å². The Labute approximate surface area is 149 Å². The molecule has 2 rings (SSSR count). The maximum absolute atomic E-state index is 12.3. The van der Waals surface area contributed by atoms with Gasteiger partial charge in [-0.3, -0.25) is 0 Å². The summed E-state index contributed by atoms with van der Waals surface area (Å²) < 4.78 is 27.4. The van der Waals surface area contributed by atoms with Gasteiger partial charge in [0.15, 0.2) is 0 Å². The second kappa shape index (κ2) is 8.12. The smallest absolute Gasteiger partial charge is 0.215 e. The fraction of sp³-hybridized carbons (Fsp3) is 0.333. The quantitative estimate of drug-likeness (QED) is 0.817. The van der Waals surface area contributed by atoms with Crippen LogP contribution in [0.3, 0.4) is 0 Å². The highest BCUT2D eigenvalue weighted by molar-refractivity contribution is 7.88. The molecule has 0 aliphatic rings. The first-order valence-electron chi connectivity index (χ1n) is 7.71. The zero-order chi connectivity index (χ0) is 17.7. The van der Waals surface area contributed by atoms with E-state index in [4.69, 9.17) is 11.6 Å². The van der Waals surface area contributed by atoms with E-state index in [-0.39, 0.29) is 11.8 Å². The van der Waals surface area contributed by atoms with Crippen molar-refractivity contribution < 1.29 is 8.42 Å². The van der Waals surface area contributed by atoms with Gasteiger partial charge >= 0.3 is 0 Å². The topological polar surface area (TPSA) is 49.4 Å². The zero-order valence-electron chi connectivity index (χ0n) is 14.2. The molecule has 0 saturated carbocycles. The van der Waals surface area contributed by atoms with Crippen LogP contribution in [0, 0.1) is 6.92 Å². The van der Waals surface area contributed by atoms with E-state index in [1.54, 1.807) is 24.3 Å². The number of halogens is 1. The van der Waals surface area contributed by atoms with Crippen molar-refractivity contribution in [3.63, 3.8) is 0 Å². The number of aryl methyl sites for hydroxylation is 1. The van der Waals surface area contributed by atoms with Crippen molar-refractivity contribution in [2.45, 2.75) is 18.7 Å². The van der Waals surface area contributed by atoms with Crippen molar-refractivity contribution >= 4 is 21.6 Å². The van der Waals surface area contributed by atoms with E-state index >= 15 is 0 Å². The number of benzene rings is 2. The summed E-state index contributed by atoms with van der Waals surface area (Å²) in [5.41, 5.74) is 2.98. The van der Waals surface area contributed by atoms with E-state index in [1.165, 1.54) is 5.56 Å². The molecule has 0 saturated heterocycles. The number of rotatable bonds is 7. The zero-order valence-corrected chi connectivity index (χ0v) is 15.7. The summed E-state index contributed by atoms with van der Waals surface area (Å²) >= 11 is 5.83. The van der Waals surface area contributed by atoms with Crippen LogP contribution in [0.4, 0.5) is 0 Å². The minimum atomic E-state index is -3.41.